The number of benzene rings is 1. The standard InChI is InChI=1S/C11H12ClFO2/c1-6(2)9(11(14)15)7-4-3-5-8(12)10(7)13/h3-6,9H,1-2H3,(H,14,15). The first-order chi connectivity index (χ1) is 6.95. The molecule has 1 aromatic carbocycles. The monoisotopic (exact) mass is 230 g/mol. The molecule has 0 aliphatic heterocycles. The fraction of sp³-hybridized carbons (Fsp3) is 0.364. The van der Waals surface area contributed by atoms with Gasteiger partial charge in [-0.15, -0.1) is 0 Å². The molecule has 0 spiro atoms. The van der Waals surface area contributed by atoms with E-state index in [0.29, 0.717) is 0 Å². The minimum Gasteiger partial charge on any atom is -0.481 e. The van der Waals surface area contributed by atoms with Gasteiger partial charge in [-0.3, -0.25) is 4.79 Å². The highest BCUT2D eigenvalue weighted by Gasteiger charge is 2.27. The molecular formula is C11H12ClFO2. The van der Waals surface area contributed by atoms with Crippen LogP contribution in [-0.4, -0.2) is 11.1 Å². The van der Waals surface area contributed by atoms with Crippen LogP contribution < -0.4 is 0 Å². The van der Waals surface area contributed by atoms with Gasteiger partial charge in [0.15, 0.2) is 0 Å². The Hall–Kier alpha value is -1.09. The van der Waals surface area contributed by atoms with Crippen LogP contribution in [0.5, 0.6) is 0 Å². The third-order valence-corrected chi connectivity index (χ3v) is 2.54. The molecule has 0 saturated heterocycles. The molecule has 1 aromatic rings. The Morgan fingerprint density at radius 3 is 2.53 bits per heavy atom. The molecule has 1 unspecified atom stereocenters. The summed E-state index contributed by atoms with van der Waals surface area (Å²) in [5, 5.41) is 8.96. The smallest absolute Gasteiger partial charge is 0.311 e. The van der Waals surface area contributed by atoms with E-state index in [0.717, 1.165) is 0 Å². The number of carboxylic acid groups (broad SMARTS) is 1. The third kappa shape index (κ3) is 2.48. The van der Waals surface area contributed by atoms with Crippen LogP contribution in [0.25, 0.3) is 0 Å². The largest absolute Gasteiger partial charge is 0.481 e. The Morgan fingerprint density at radius 1 is 1.47 bits per heavy atom. The van der Waals surface area contributed by atoms with Gasteiger partial charge in [-0.25, -0.2) is 4.39 Å². The van der Waals surface area contributed by atoms with E-state index in [4.69, 9.17) is 16.7 Å². The number of aliphatic carboxylic acids is 1. The van der Waals surface area contributed by atoms with Gasteiger partial charge in [0.2, 0.25) is 0 Å². The average Bonchev–Trinajstić information content (AvgIpc) is 2.11. The lowest BCUT2D eigenvalue weighted by molar-refractivity contribution is -0.139. The summed E-state index contributed by atoms with van der Waals surface area (Å²) < 4.78 is 13.6. The molecule has 0 aliphatic rings. The van der Waals surface area contributed by atoms with Crippen LogP contribution in [0.2, 0.25) is 5.02 Å². The summed E-state index contributed by atoms with van der Waals surface area (Å²) in [6.07, 6.45) is 0. The Labute approximate surface area is 92.7 Å². The molecule has 1 N–H and O–H groups in total. The van der Waals surface area contributed by atoms with E-state index in [9.17, 15) is 9.18 Å². The van der Waals surface area contributed by atoms with Crippen LogP contribution in [0.1, 0.15) is 25.3 Å². The van der Waals surface area contributed by atoms with Crippen molar-refractivity contribution in [2.75, 3.05) is 0 Å². The first-order valence-electron chi connectivity index (χ1n) is 4.62. The summed E-state index contributed by atoms with van der Waals surface area (Å²) in [4.78, 5) is 11.0. The van der Waals surface area contributed by atoms with Crippen molar-refractivity contribution in [3.63, 3.8) is 0 Å². The van der Waals surface area contributed by atoms with Crippen molar-refractivity contribution in [1.82, 2.24) is 0 Å². The number of carboxylic acids is 1. The highest BCUT2D eigenvalue weighted by molar-refractivity contribution is 6.30. The van der Waals surface area contributed by atoms with E-state index < -0.39 is 17.7 Å². The molecule has 1 rings (SSSR count). The molecule has 4 heteroatoms. The predicted molar refractivity (Wildman–Crippen MR) is 56.6 cm³/mol. The third-order valence-electron chi connectivity index (χ3n) is 2.25. The van der Waals surface area contributed by atoms with Gasteiger partial charge in [-0.2, -0.15) is 0 Å². The molecule has 15 heavy (non-hydrogen) atoms. The van der Waals surface area contributed by atoms with Gasteiger partial charge in [0.25, 0.3) is 0 Å². The maximum atomic E-state index is 13.6. The van der Waals surface area contributed by atoms with Crippen molar-refractivity contribution < 1.29 is 14.3 Å². The normalized spacial score (nSPS) is 12.9. The fourth-order valence-corrected chi connectivity index (χ4v) is 1.72. The average molecular weight is 231 g/mol. The lowest BCUT2D eigenvalue weighted by Crippen LogP contribution is -2.18. The highest BCUT2D eigenvalue weighted by atomic mass is 35.5. The summed E-state index contributed by atoms with van der Waals surface area (Å²) in [7, 11) is 0. The Balaban J connectivity index is 3.23. The van der Waals surface area contributed by atoms with Gasteiger partial charge in [-0.05, 0) is 12.0 Å². The first kappa shape index (κ1) is 12.0. The number of hydrogen-bond acceptors (Lipinski definition) is 1. The zero-order valence-corrected chi connectivity index (χ0v) is 9.25. The molecule has 2 nitrogen and oxygen atoms in total. The molecular weight excluding hydrogens is 219 g/mol. The Bertz CT molecular complexity index is 377. The quantitative estimate of drug-likeness (QED) is 0.865. The van der Waals surface area contributed by atoms with Crippen molar-refractivity contribution in [2.24, 2.45) is 5.92 Å². The molecule has 0 aliphatic carbocycles. The number of halogens is 2. The van der Waals surface area contributed by atoms with Crippen molar-refractivity contribution in [1.29, 1.82) is 0 Å². The second-order valence-electron chi connectivity index (χ2n) is 3.70. The zero-order chi connectivity index (χ0) is 11.6. The molecule has 0 fully saturated rings. The maximum absolute atomic E-state index is 13.6. The number of carbonyl (C=O) groups is 1. The second-order valence-corrected chi connectivity index (χ2v) is 4.11. The number of hydrogen-bond donors (Lipinski definition) is 1. The zero-order valence-electron chi connectivity index (χ0n) is 8.50. The van der Waals surface area contributed by atoms with Crippen molar-refractivity contribution in [2.45, 2.75) is 19.8 Å². The first-order valence-corrected chi connectivity index (χ1v) is 4.99. The predicted octanol–water partition coefficient (Wildman–Crippen LogP) is 3.30. The van der Waals surface area contributed by atoms with Gasteiger partial charge in [0, 0.05) is 5.56 Å². The van der Waals surface area contributed by atoms with Gasteiger partial charge < -0.3 is 5.11 Å². The van der Waals surface area contributed by atoms with Crippen LogP contribution in [-0.2, 0) is 4.79 Å². The lowest BCUT2D eigenvalue weighted by atomic mass is 9.88. The van der Waals surface area contributed by atoms with Crippen LogP contribution in [0, 0.1) is 11.7 Å². The molecule has 1 atom stereocenters. The van der Waals surface area contributed by atoms with Gasteiger partial charge >= 0.3 is 5.97 Å². The molecule has 0 bridgehead atoms. The summed E-state index contributed by atoms with van der Waals surface area (Å²) in [6, 6.07) is 4.42. The van der Waals surface area contributed by atoms with Gasteiger partial charge in [-0.1, -0.05) is 37.6 Å². The molecule has 0 heterocycles. The van der Waals surface area contributed by atoms with Gasteiger partial charge in [0.05, 0.1) is 10.9 Å². The maximum Gasteiger partial charge on any atom is 0.311 e. The van der Waals surface area contributed by atoms with E-state index in [-0.39, 0.29) is 16.5 Å². The van der Waals surface area contributed by atoms with E-state index >= 15 is 0 Å². The van der Waals surface area contributed by atoms with E-state index in [1.54, 1.807) is 19.9 Å². The molecule has 0 radical (unpaired) electrons. The van der Waals surface area contributed by atoms with Crippen LogP contribution in [0.3, 0.4) is 0 Å². The second kappa shape index (κ2) is 4.62. The Kier molecular flexibility index (Phi) is 3.69. The minimum absolute atomic E-state index is 0.0422. The summed E-state index contributed by atoms with van der Waals surface area (Å²) in [6.45, 7) is 3.47. The van der Waals surface area contributed by atoms with Crippen LogP contribution in [0.4, 0.5) is 4.39 Å². The van der Waals surface area contributed by atoms with Crippen LogP contribution in [0.15, 0.2) is 18.2 Å². The molecule has 0 aromatic heterocycles. The molecule has 82 valence electrons. The van der Waals surface area contributed by atoms with E-state index in [2.05, 4.69) is 0 Å². The molecule has 0 amide bonds. The van der Waals surface area contributed by atoms with Crippen molar-refractivity contribution in [3.05, 3.63) is 34.6 Å². The summed E-state index contributed by atoms with van der Waals surface area (Å²) in [5.74, 6) is -2.72. The Morgan fingerprint density at radius 2 is 2.07 bits per heavy atom. The van der Waals surface area contributed by atoms with Crippen molar-refractivity contribution >= 4 is 17.6 Å². The summed E-state index contributed by atoms with van der Waals surface area (Å²) in [5.41, 5.74) is 0.144. The summed E-state index contributed by atoms with van der Waals surface area (Å²) >= 11 is 5.60. The minimum atomic E-state index is -1.04. The van der Waals surface area contributed by atoms with E-state index in [1.165, 1.54) is 12.1 Å². The van der Waals surface area contributed by atoms with Gasteiger partial charge in [0.1, 0.15) is 5.82 Å². The fourth-order valence-electron chi connectivity index (χ4n) is 1.54. The highest BCUT2D eigenvalue weighted by Crippen LogP contribution is 2.29. The SMILES string of the molecule is CC(C)C(C(=O)O)c1cccc(Cl)c1F. The van der Waals surface area contributed by atoms with Crippen LogP contribution >= 0.6 is 11.6 Å². The lowest BCUT2D eigenvalue weighted by Gasteiger charge is -2.17. The molecule has 0 saturated carbocycles. The topological polar surface area (TPSA) is 37.3 Å². The van der Waals surface area contributed by atoms with Crippen molar-refractivity contribution in [3.8, 4) is 0 Å². The number of rotatable bonds is 3. The van der Waals surface area contributed by atoms with E-state index in [1.807, 2.05) is 0 Å².